The average molecular weight is 282 g/mol. The molecule has 3 rings (SSSR count). The Kier molecular flexibility index (Phi) is 3.70. The van der Waals surface area contributed by atoms with Crippen molar-refractivity contribution in [3.05, 3.63) is 59.7 Å². The van der Waals surface area contributed by atoms with Crippen LogP contribution in [0.15, 0.2) is 47.2 Å². The summed E-state index contributed by atoms with van der Waals surface area (Å²) in [6.45, 7) is 1.90. The van der Waals surface area contributed by atoms with Gasteiger partial charge in [0, 0.05) is 12.4 Å². The van der Waals surface area contributed by atoms with Gasteiger partial charge in [-0.3, -0.25) is 0 Å². The smallest absolute Gasteiger partial charge is 0.240 e. The monoisotopic (exact) mass is 282 g/mol. The van der Waals surface area contributed by atoms with Crippen molar-refractivity contribution in [3.63, 3.8) is 0 Å². The van der Waals surface area contributed by atoms with Crippen LogP contribution in [0, 0.1) is 6.92 Å². The van der Waals surface area contributed by atoms with E-state index in [9.17, 15) is 5.11 Å². The Morgan fingerprint density at radius 2 is 1.81 bits per heavy atom. The molecule has 0 amide bonds. The molecule has 0 saturated heterocycles. The first-order chi connectivity index (χ1) is 10.2. The minimum absolute atomic E-state index is 0.253. The van der Waals surface area contributed by atoms with Crippen LogP contribution in [0.3, 0.4) is 0 Å². The zero-order valence-electron chi connectivity index (χ0n) is 11.5. The van der Waals surface area contributed by atoms with Crippen LogP contribution >= 0.6 is 0 Å². The molecule has 1 unspecified atom stereocenters. The summed E-state index contributed by atoms with van der Waals surface area (Å²) in [7, 11) is 0. The van der Waals surface area contributed by atoms with Crippen molar-refractivity contribution in [1.29, 1.82) is 0 Å². The largest absolute Gasteiger partial charge is 0.388 e. The molecule has 0 radical (unpaired) electrons. The molecular weight excluding hydrogens is 268 g/mol. The molecule has 2 aromatic heterocycles. The van der Waals surface area contributed by atoms with Gasteiger partial charge in [-0.25, -0.2) is 9.97 Å². The van der Waals surface area contributed by atoms with Crippen LogP contribution in [0.4, 0.5) is 0 Å². The first-order valence-electron chi connectivity index (χ1n) is 6.57. The first-order valence-corrected chi connectivity index (χ1v) is 6.57. The van der Waals surface area contributed by atoms with Crippen LogP contribution in [0.1, 0.15) is 23.1 Å². The third kappa shape index (κ3) is 3.11. The Balaban J connectivity index is 1.75. The minimum Gasteiger partial charge on any atom is -0.388 e. The van der Waals surface area contributed by atoms with Crippen molar-refractivity contribution in [2.75, 3.05) is 0 Å². The van der Waals surface area contributed by atoms with Gasteiger partial charge in [0.15, 0.2) is 0 Å². The highest BCUT2D eigenvalue weighted by molar-refractivity contribution is 5.40. The highest BCUT2D eigenvalue weighted by Gasteiger charge is 2.15. The van der Waals surface area contributed by atoms with E-state index in [0.717, 1.165) is 11.1 Å². The summed E-state index contributed by atoms with van der Waals surface area (Å²) in [4.78, 5) is 12.5. The Morgan fingerprint density at radius 1 is 1.10 bits per heavy atom. The molecule has 2 heterocycles. The van der Waals surface area contributed by atoms with E-state index >= 15 is 0 Å². The third-order valence-electron chi connectivity index (χ3n) is 3.00. The van der Waals surface area contributed by atoms with E-state index in [0.29, 0.717) is 17.5 Å². The van der Waals surface area contributed by atoms with Gasteiger partial charge in [0.2, 0.25) is 17.5 Å². The van der Waals surface area contributed by atoms with Gasteiger partial charge >= 0.3 is 0 Å². The van der Waals surface area contributed by atoms with E-state index in [-0.39, 0.29) is 6.42 Å². The van der Waals surface area contributed by atoms with Crippen LogP contribution in [-0.2, 0) is 6.42 Å². The number of aromatic nitrogens is 4. The van der Waals surface area contributed by atoms with Crippen molar-refractivity contribution in [2.24, 2.45) is 0 Å². The zero-order valence-corrected chi connectivity index (χ0v) is 11.5. The van der Waals surface area contributed by atoms with E-state index in [1.165, 1.54) is 0 Å². The second-order valence-electron chi connectivity index (χ2n) is 4.73. The molecule has 6 heteroatoms. The number of aliphatic hydroxyl groups excluding tert-OH is 1. The number of benzene rings is 1. The fraction of sp³-hybridized carbons (Fsp3) is 0.200. The van der Waals surface area contributed by atoms with Gasteiger partial charge in [-0.15, -0.1) is 0 Å². The molecule has 21 heavy (non-hydrogen) atoms. The predicted octanol–water partition coefficient (Wildman–Crippen LogP) is 2.11. The van der Waals surface area contributed by atoms with Crippen molar-refractivity contribution in [1.82, 2.24) is 20.1 Å². The van der Waals surface area contributed by atoms with E-state index in [1.54, 1.807) is 12.4 Å². The van der Waals surface area contributed by atoms with Crippen molar-refractivity contribution in [2.45, 2.75) is 19.4 Å². The lowest BCUT2D eigenvalue weighted by Crippen LogP contribution is -2.01. The highest BCUT2D eigenvalue weighted by atomic mass is 16.5. The molecule has 0 aliphatic rings. The topological polar surface area (TPSA) is 84.9 Å². The first kappa shape index (κ1) is 13.4. The fourth-order valence-electron chi connectivity index (χ4n) is 1.90. The maximum Gasteiger partial charge on any atom is 0.240 e. The maximum absolute atomic E-state index is 10.1. The molecule has 0 fully saturated rings. The van der Waals surface area contributed by atoms with E-state index in [4.69, 9.17) is 4.52 Å². The number of hydrogen-bond acceptors (Lipinski definition) is 6. The number of rotatable bonds is 4. The lowest BCUT2D eigenvalue weighted by Gasteiger charge is -2.07. The van der Waals surface area contributed by atoms with E-state index < -0.39 is 6.10 Å². The Labute approximate surface area is 121 Å². The summed E-state index contributed by atoms with van der Waals surface area (Å²) >= 11 is 0. The SMILES string of the molecule is Cc1cnc(-c2noc(CC(O)c3ccccc3)n2)nc1. The molecule has 0 saturated carbocycles. The Morgan fingerprint density at radius 3 is 2.52 bits per heavy atom. The Bertz CT molecular complexity index is 710. The van der Waals surface area contributed by atoms with Crippen molar-refractivity contribution < 1.29 is 9.63 Å². The van der Waals surface area contributed by atoms with Crippen LogP contribution < -0.4 is 0 Å². The molecule has 1 N–H and O–H groups in total. The van der Waals surface area contributed by atoms with Gasteiger partial charge in [0.25, 0.3) is 0 Å². The molecule has 0 aliphatic heterocycles. The molecule has 1 atom stereocenters. The molecule has 0 bridgehead atoms. The number of aryl methyl sites for hydroxylation is 1. The summed E-state index contributed by atoms with van der Waals surface area (Å²) in [5.41, 5.74) is 1.77. The average Bonchev–Trinajstić information content (AvgIpc) is 2.97. The molecule has 0 aliphatic carbocycles. The lowest BCUT2D eigenvalue weighted by atomic mass is 10.1. The number of hydrogen-bond donors (Lipinski definition) is 1. The summed E-state index contributed by atoms with van der Waals surface area (Å²) < 4.78 is 5.14. The summed E-state index contributed by atoms with van der Waals surface area (Å²) in [6.07, 6.45) is 2.95. The van der Waals surface area contributed by atoms with E-state index in [1.807, 2.05) is 37.3 Å². The van der Waals surface area contributed by atoms with Gasteiger partial charge in [0.05, 0.1) is 12.5 Å². The van der Waals surface area contributed by atoms with Gasteiger partial charge in [-0.1, -0.05) is 35.5 Å². The molecule has 1 aromatic carbocycles. The Hall–Kier alpha value is -2.60. The minimum atomic E-state index is -0.682. The molecular formula is C15H14N4O2. The highest BCUT2D eigenvalue weighted by Crippen LogP contribution is 2.18. The van der Waals surface area contributed by atoms with Gasteiger partial charge in [-0.05, 0) is 18.1 Å². The standard InChI is InChI=1S/C15H14N4O2/c1-10-8-16-14(17-9-10)15-18-13(21-19-15)7-12(20)11-5-3-2-4-6-11/h2-6,8-9,12,20H,7H2,1H3. The molecule has 6 nitrogen and oxygen atoms in total. The summed E-state index contributed by atoms with van der Waals surface area (Å²) in [5.74, 6) is 1.08. The summed E-state index contributed by atoms with van der Waals surface area (Å²) in [5, 5.41) is 14.0. The normalized spacial score (nSPS) is 12.3. The second-order valence-corrected chi connectivity index (χ2v) is 4.73. The molecule has 0 spiro atoms. The van der Waals surface area contributed by atoms with Crippen molar-refractivity contribution >= 4 is 0 Å². The number of nitrogens with zero attached hydrogens (tertiary/aromatic N) is 4. The van der Waals surface area contributed by atoms with Crippen LogP contribution in [0.25, 0.3) is 11.6 Å². The molecule has 106 valence electrons. The maximum atomic E-state index is 10.1. The zero-order chi connectivity index (χ0) is 14.7. The third-order valence-corrected chi connectivity index (χ3v) is 3.00. The quantitative estimate of drug-likeness (QED) is 0.789. The van der Waals surface area contributed by atoms with Gasteiger partial charge in [-0.2, -0.15) is 4.98 Å². The van der Waals surface area contributed by atoms with E-state index in [2.05, 4.69) is 20.1 Å². The van der Waals surface area contributed by atoms with Crippen LogP contribution in [0.2, 0.25) is 0 Å². The van der Waals surface area contributed by atoms with Crippen molar-refractivity contribution in [3.8, 4) is 11.6 Å². The van der Waals surface area contributed by atoms with Gasteiger partial charge in [0.1, 0.15) is 0 Å². The van der Waals surface area contributed by atoms with Gasteiger partial charge < -0.3 is 9.63 Å². The summed E-state index contributed by atoms with van der Waals surface area (Å²) in [6, 6.07) is 9.35. The second kappa shape index (κ2) is 5.80. The fourth-order valence-corrected chi connectivity index (χ4v) is 1.90. The lowest BCUT2D eigenvalue weighted by molar-refractivity contribution is 0.165. The van der Waals surface area contributed by atoms with Crippen LogP contribution in [0.5, 0.6) is 0 Å². The predicted molar refractivity (Wildman–Crippen MR) is 75.2 cm³/mol. The van der Waals surface area contributed by atoms with Crippen LogP contribution in [-0.4, -0.2) is 25.2 Å². The number of aliphatic hydroxyl groups is 1. The molecule has 3 aromatic rings.